The number of benzene rings is 1. The Morgan fingerprint density at radius 3 is 2.47 bits per heavy atom. The molecule has 0 bridgehead atoms. The number of rotatable bonds is 6. The van der Waals surface area contributed by atoms with Crippen LogP contribution in [-0.4, -0.2) is 103 Å². The predicted molar refractivity (Wildman–Crippen MR) is 120 cm³/mol. The molecule has 2 fully saturated rings. The van der Waals surface area contributed by atoms with E-state index in [-0.39, 0.29) is 12.2 Å². The summed E-state index contributed by atoms with van der Waals surface area (Å²) in [6.07, 6.45) is -5.96. The van der Waals surface area contributed by atoms with Crippen molar-refractivity contribution in [1.29, 1.82) is 0 Å². The van der Waals surface area contributed by atoms with Crippen LogP contribution in [0.1, 0.15) is 18.9 Å². The second kappa shape index (κ2) is 10.1. The maximum atomic E-state index is 12.7. The molecule has 0 aromatic heterocycles. The maximum absolute atomic E-state index is 12.7. The van der Waals surface area contributed by atoms with Crippen molar-refractivity contribution in [2.45, 2.75) is 67.6 Å². The summed E-state index contributed by atoms with van der Waals surface area (Å²) >= 11 is 0. The average Bonchev–Trinajstić information content (AvgIpc) is 3.04. The van der Waals surface area contributed by atoms with Crippen LogP contribution >= 0.6 is 0 Å². The van der Waals surface area contributed by atoms with Gasteiger partial charge in [0.25, 0.3) is 0 Å². The van der Waals surface area contributed by atoms with Crippen molar-refractivity contribution in [2.24, 2.45) is 5.92 Å². The van der Waals surface area contributed by atoms with Gasteiger partial charge in [-0.2, -0.15) is 0 Å². The van der Waals surface area contributed by atoms with Gasteiger partial charge >= 0.3 is 5.97 Å². The van der Waals surface area contributed by atoms with Crippen LogP contribution in [0.3, 0.4) is 0 Å². The smallest absolute Gasteiger partial charge is 0.331 e. The van der Waals surface area contributed by atoms with Crippen molar-refractivity contribution in [1.82, 2.24) is 0 Å². The zero-order chi connectivity index (χ0) is 26.3. The van der Waals surface area contributed by atoms with E-state index in [4.69, 9.17) is 18.9 Å². The number of aliphatic hydroxyl groups excluding tert-OH is 5. The highest BCUT2D eigenvalue weighted by atomic mass is 16.8. The van der Waals surface area contributed by atoms with Gasteiger partial charge in [0.2, 0.25) is 6.29 Å². The second-order valence-corrected chi connectivity index (χ2v) is 9.38. The summed E-state index contributed by atoms with van der Waals surface area (Å²) in [5.41, 5.74) is -2.84. The number of carbonyl (C=O) groups excluding carboxylic acids is 1. The third-order valence-corrected chi connectivity index (χ3v) is 6.86. The molecule has 3 aliphatic rings. The van der Waals surface area contributed by atoms with E-state index < -0.39 is 72.8 Å². The van der Waals surface area contributed by atoms with Crippen molar-refractivity contribution >= 4 is 12.0 Å². The number of ether oxygens (including phenoxy) is 4. The molecule has 4 rings (SSSR count). The molecule has 0 radical (unpaired) electrons. The molecular weight excluding hydrogens is 480 g/mol. The van der Waals surface area contributed by atoms with E-state index in [1.54, 1.807) is 12.1 Å². The van der Waals surface area contributed by atoms with E-state index >= 15 is 0 Å². The van der Waals surface area contributed by atoms with Crippen LogP contribution in [0.25, 0.3) is 6.08 Å². The minimum absolute atomic E-state index is 0.0669. The first kappa shape index (κ1) is 26.5. The molecular formula is C24H30O12. The molecule has 1 aliphatic carbocycles. The van der Waals surface area contributed by atoms with E-state index in [1.807, 2.05) is 0 Å². The van der Waals surface area contributed by atoms with Crippen LogP contribution in [-0.2, 0) is 23.7 Å². The minimum atomic E-state index is -1.94. The highest BCUT2D eigenvalue weighted by Crippen LogP contribution is 2.51. The standard InChI is InChI=1S/C24H30O12/c1-23(36-16(28)7-4-12-2-5-13(26)6-3-12)10-15(27)24(32)8-9-33-22(20(23)24)35-21-19(31)18(30)17(29)14(11-25)34-21/h2-9,14-15,17-22,25-27,29-32H,10-11H2,1H3/b7-4+/t14-,15-,17-,18+,19-,20?,21+,22+,23+,24+/m1/s1. The highest BCUT2D eigenvalue weighted by molar-refractivity contribution is 5.87. The van der Waals surface area contributed by atoms with Crippen molar-refractivity contribution in [3.05, 3.63) is 48.2 Å². The van der Waals surface area contributed by atoms with Gasteiger partial charge in [-0.25, -0.2) is 4.79 Å². The number of hydrogen-bond donors (Lipinski definition) is 7. The van der Waals surface area contributed by atoms with Gasteiger partial charge in [0.1, 0.15) is 41.4 Å². The van der Waals surface area contributed by atoms with Crippen LogP contribution < -0.4 is 0 Å². The molecule has 1 saturated heterocycles. The Morgan fingerprint density at radius 2 is 1.81 bits per heavy atom. The molecule has 0 amide bonds. The summed E-state index contributed by atoms with van der Waals surface area (Å²) < 4.78 is 22.2. The second-order valence-electron chi connectivity index (χ2n) is 9.38. The Kier molecular flexibility index (Phi) is 7.42. The fraction of sp³-hybridized carbons (Fsp3) is 0.542. The first-order valence-corrected chi connectivity index (χ1v) is 11.4. The summed E-state index contributed by atoms with van der Waals surface area (Å²) in [4.78, 5) is 12.7. The lowest BCUT2D eigenvalue weighted by Crippen LogP contribution is -2.62. The topological polar surface area (TPSA) is 196 Å². The number of carbonyl (C=O) groups is 1. The molecule has 1 unspecified atom stereocenters. The van der Waals surface area contributed by atoms with Gasteiger partial charge in [-0.3, -0.25) is 0 Å². The van der Waals surface area contributed by atoms with Crippen LogP contribution in [0.4, 0.5) is 0 Å². The molecule has 1 aromatic carbocycles. The molecule has 2 aliphatic heterocycles. The van der Waals surface area contributed by atoms with E-state index in [0.29, 0.717) is 5.56 Å². The molecule has 10 atom stereocenters. The zero-order valence-corrected chi connectivity index (χ0v) is 19.3. The van der Waals surface area contributed by atoms with Gasteiger partial charge in [0.05, 0.1) is 24.9 Å². The van der Waals surface area contributed by atoms with Crippen LogP contribution in [0.2, 0.25) is 0 Å². The van der Waals surface area contributed by atoms with Crippen molar-refractivity contribution in [3.8, 4) is 5.75 Å². The quantitative estimate of drug-likeness (QED) is 0.173. The molecule has 0 spiro atoms. The maximum Gasteiger partial charge on any atom is 0.331 e. The lowest BCUT2D eigenvalue weighted by Gasteiger charge is -2.45. The van der Waals surface area contributed by atoms with E-state index in [1.165, 1.54) is 31.2 Å². The molecule has 12 nitrogen and oxygen atoms in total. The minimum Gasteiger partial charge on any atom is -0.508 e. The predicted octanol–water partition coefficient (Wildman–Crippen LogP) is -1.49. The molecule has 7 N–H and O–H groups in total. The molecule has 1 saturated carbocycles. The molecule has 198 valence electrons. The fourth-order valence-electron chi connectivity index (χ4n) is 4.94. The third kappa shape index (κ3) is 4.86. The van der Waals surface area contributed by atoms with Gasteiger partial charge in [-0.15, -0.1) is 0 Å². The van der Waals surface area contributed by atoms with Gasteiger partial charge in [0, 0.05) is 12.5 Å². The Labute approximate surface area is 206 Å². The first-order valence-electron chi connectivity index (χ1n) is 11.4. The summed E-state index contributed by atoms with van der Waals surface area (Å²) in [5.74, 6) is -1.93. The number of fused-ring (bicyclic) bond motifs is 1. The number of phenols is 1. The fourth-order valence-corrected chi connectivity index (χ4v) is 4.94. The van der Waals surface area contributed by atoms with Crippen LogP contribution in [0.15, 0.2) is 42.7 Å². The van der Waals surface area contributed by atoms with Gasteiger partial charge < -0.3 is 54.7 Å². The lowest BCUT2D eigenvalue weighted by molar-refractivity contribution is -0.351. The van der Waals surface area contributed by atoms with Gasteiger partial charge in [-0.1, -0.05) is 12.1 Å². The van der Waals surface area contributed by atoms with Crippen molar-refractivity contribution < 1.29 is 59.5 Å². The highest BCUT2D eigenvalue weighted by Gasteiger charge is 2.66. The van der Waals surface area contributed by atoms with Crippen molar-refractivity contribution in [3.63, 3.8) is 0 Å². The summed E-state index contributed by atoms with van der Waals surface area (Å²) in [6.45, 7) is 0.808. The van der Waals surface area contributed by atoms with Crippen LogP contribution in [0, 0.1) is 5.92 Å². The third-order valence-electron chi connectivity index (χ3n) is 6.86. The number of aromatic hydroxyl groups is 1. The molecule has 2 heterocycles. The van der Waals surface area contributed by atoms with E-state index in [9.17, 15) is 40.5 Å². The van der Waals surface area contributed by atoms with Crippen LogP contribution in [0.5, 0.6) is 5.75 Å². The van der Waals surface area contributed by atoms with E-state index in [2.05, 4.69) is 0 Å². The summed E-state index contributed by atoms with van der Waals surface area (Å²) in [7, 11) is 0. The van der Waals surface area contributed by atoms with E-state index in [0.717, 1.165) is 12.3 Å². The number of phenolic OH excluding ortho intramolecular Hbond substituents is 1. The molecule has 1 aromatic rings. The molecule has 12 heteroatoms. The number of hydrogen-bond acceptors (Lipinski definition) is 12. The monoisotopic (exact) mass is 510 g/mol. The SMILES string of the molecule is C[C@]1(OC(=O)/C=C/c2ccc(O)cc2)C[C@@H](O)[C@@]2(O)C=CO[C@@H](O[C@@H]3O[C@H](CO)[C@@H](O)[C@H](O)[C@H]3O)C21. The van der Waals surface area contributed by atoms with Gasteiger partial charge in [-0.05, 0) is 36.8 Å². The summed E-state index contributed by atoms with van der Waals surface area (Å²) in [6, 6.07) is 6.07. The first-order chi connectivity index (χ1) is 17.0. The van der Waals surface area contributed by atoms with Crippen molar-refractivity contribution in [2.75, 3.05) is 6.61 Å². The Hall–Kier alpha value is -2.55. The zero-order valence-electron chi connectivity index (χ0n) is 19.3. The number of esters is 1. The number of aliphatic hydroxyl groups is 6. The lowest BCUT2D eigenvalue weighted by atomic mass is 9.81. The largest absolute Gasteiger partial charge is 0.508 e. The molecule has 36 heavy (non-hydrogen) atoms. The average molecular weight is 510 g/mol. The Morgan fingerprint density at radius 1 is 1.11 bits per heavy atom. The normalized spacial score (nSPS) is 42.2. The Balaban J connectivity index is 1.54. The Bertz CT molecular complexity index is 993. The van der Waals surface area contributed by atoms with Gasteiger partial charge in [0.15, 0.2) is 6.29 Å². The summed E-state index contributed by atoms with van der Waals surface area (Å²) in [5, 5.41) is 71.1.